The van der Waals surface area contributed by atoms with Gasteiger partial charge in [-0.25, -0.2) is 0 Å². The first-order valence-electron chi connectivity index (χ1n) is 5.08. The van der Waals surface area contributed by atoms with Gasteiger partial charge < -0.3 is 10.4 Å². The van der Waals surface area contributed by atoms with Crippen molar-refractivity contribution in [1.82, 2.24) is 0 Å². The quantitative estimate of drug-likeness (QED) is 0.823. The third-order valence-corrected chi connectivity index (χ3v) is 3.16. The number of rotatable bonds is 2. The third kappa shape index (κ3) is 2.84. The molecule has 0 saturated carbocycles. The summed E-state index contributed by atoms with van der Waals surface area (Å²) in [4.78, 5) is 0. The maximum absolute atomic E-state index is 9.59. The Kier molecular flexibility index (Phi) is 3.46. The molecule has 17 heavy (non-hydrogen) atoms. The number of phenolic OH excluding ortho intramolecular Hbond substituents is 1. The van der Waals surface area contributed by atoms with Crippen molar-refractivity contribution in [2.45, 2.75) is 6.92 Å². The lowest BCUT2D eigenvalue weighted by Gasteiger charge is -2.08. The molecule has 0 amide bonds. The number of nitrogens with one attached hydrogen (secondary N) is 1. The van der Waals surface area contributed by atoms with Crippen LogP contribution in [0.1, 0.15) is 5.56 Å². The van der Waals surface area contributed by atoms with Gasteiger partial charge in [-0.1, -0.05) is 29.3 Å². The van der Waals surface area contributed by atoms with Crippen molar-refractivity contribution in [2.24, 2.45) is 0 Å². The largest absolute Gasteiger partial charge is 0.508 e. The van der Waals surface area contributed by atoms with Crippen LogP contribution in [0.15, 0.2) is 36.4 Å². The number of anilines is 2. The molecule has 0 spiro atoms. The van der Waals surface area contributed by atoms with Crippen LogP contribution in [0, 0.1) is 6.92 Å². The fraction of sp³-hybridized carbons (Fsp3) is 0.0769. The van der Waals surface area contributed by atoms with Gasteiger partial charge in [0.1, 0.15) is 5.75 Å². The second-order valence-electron chi connectivity index (χ2n) is 3.76. The van der Waals surface area contributed by atoms with Gasteiger partial charge >= 0.3 is 0 Å². The number of phenols is 1. The summed E-state index contributed by atoms with van der Waals surface area (Å²) in [5, 5.41) is 13.7. The van der Waals surface area contributed by atoms with Gasteiger partial charge in [0.2, 0.25) is 0 Å². The minimum absolute atomic E-state index is 0.259. The molecule has 2 aromatic carbocycles. The molecule has 88 valence electrons. The lowest BCUT2D eigenvalue weighted by molar-refractivity contribution is 0.471. The van der Waals surface area contributed by atoms with Crippen LogP contribution in [-0.4, -0.2) is 5.11 Å². The molecule has 0 heterocycles. The van der Waals surface area contributed by atoms with Gasteiger partial charge in [-0.15, -0.1) is 0 Å². The Hall–Kier alpha value is -1.38. The summed E-state index contributed by atoms with van der Waals surface area (Å²) in [5.41, 5.74) is 2.46. The molecule has 0 aliphatic rings. The average Bonchev–Trinajstić information content (AvgIpc) is 2.29. The van der Waals surface area contributed by atoms with E-state index in [9.17, 15) is 5.11 Å². The van der Waals surface area contributed by atoms with E-state index >= 15 is 0 Å². The number of hydrogen-bond acceptors (Lipinski definition) is 2. The molecule has 0 fully saturated rings. The summed E-state index contributed by atoms with van der Waals surface area (Å²) >= 11 is 11.7. The molecule has 0 aliphatic carbocycles. The van der Waals surface area contributed by atoms with Crippen molar-refractivity contribution < 1.29 is 5.11 Å². The van der Waals surface area contributed by atoms with Gasteiger partial charge in [0.15, 0.2) is 0 Å². The van der Waals surface area contributed by atoms with Crippen LogP contribution in [0.3, 0.4) is 0 Å². The van der Waals surface area contributed by atoms with E-state index in [-0.39, 0.29) is 5.75 Å². The summed E-state index contributed by atoms with van der Waals surface area (Å²) in [6, 6.07) is 10.7. The fourth-order valence-electron chi connectivity index (χ4n) is 1.43. The molecular weight excluding hydrogens is 257 g/mol. The number of aromatic hydroxyl groups is 1. The zero-order chi connectivity index (χ0) is 12.4. The molecule has 2 aromatic rings. The van der Waals surface area contributed by atoms with Gasteiger partial charge in [0.25, 0.3) is 0 Å². The van der Waals surface area contributed by atoms with Crippen LogP contribution >= 0.6 is 23.2 Å². The van der Waals surface area contributed by atoms with Crippen molar-refractivity contribution in [3.05, 3.63) is 52.0 Å². The van der Waals surface area contributed by atoms with Gasteiger partial charge in [0, 0.05) is 17.4 Å². The van der Waals surface area contributed by atoms with E-state index < -0.39 is 0 Å². The summed E-state index contributed by atoms with van der Waals surface area (Å²) in [6.07, 6.45) is 0. The number of benzene rings is 2. The lowest BCUT2D eigenvalue weighted by atomic mass is 10.2. The average molecular weight is 268 g/mol. The van der Waals surface area contributed by atoms with Crippen molar-refractivity contribution in [1.29, 1.82) is 0 Å². The Morgan fingerprint density at radius 3 is 2.24 bits per heavy atom. The number of halogens is 2. The SMILES string of the molecule is Cc1ccc(Nc2ccc(Cl)c(Cl)c2)cc1O. The molecular formula is C13H11Cl2NO. The highest BCUT2D eigenvalue weighted by Crippen LogP contribution is 2.28. The Balaban J connectivity index is 2.25. The van der Waals surface area contributed by atoms with E-state index in [2.05, 4.69) is 5.32 Å². The molecule has 0 atom stereocenters. The summed E-state index contributed by atoms with van der Waals surface area (Å²) in [6.45, 7) is 1.85. The monoisotopic (exact) mass is 267 g/mol. The van der Waals surface area contributed by atoms with E-state index in [0.29, 0.717) is 10.0 Å². The molecule has 2 nitrogen and oxygen atoms in total. The highest BCUT2D eigenvalue weighted by Gasteiger charge is 2.01. The first kappa shape index (κ1) is 12.1. The first-order valence-corrected chi connectivity index (χ1v) is 5.83. The highest BCUT2D eigenvalue weighted by atomic mass is 35.5. The standard InChI is InChI=1S/C13H11Cl2NO/c1-8-2-3-10(7-13(8)17)16-9-4-5-11(14)12(15)6-9/h2-7,16-17H,1H3. The maximum atomic E-state index is 9.59. The van der Waals surface area contributed by atoms with Gasteiger partial charge in [-0.05, 0) is 36.8 Å². The zero-order valence-electron chi connectivity index (χ0n) is 9.17. The van der Waals surface area contributed by atoms with E-state index in [1.165, 1.54) is 0 Å². The normalized spacial score (nSPS) is 10.3. The van der Waals surface area contributed by atoms with Gasteiger partial charge in [-0.3, -0.25) is 0 Å². The Morgan fingerprint density at radius 2 is 1.59 bits per heavy atom. The van der Waals surface area contributed by atoms with Crippen LogP contribution in [0.2, 0.25) is 10.0 Å². The molecule has 0 aliphatic heterocycles. The van der Waals surface area contributed by atoms with Crippen LogP contribution in [0.25, 0.3) is 0 Å². The summed E-state index contributed by atoms with van der Waals surface area (Å²) in [5.74, 6) is 0.259. The summed E-state index contributed by atoms with van der Waals surface area (Å²) < 4.78 is 0. The predicted octanol–water partition coefficient (Wildman–Crippen LogP) is 4.75. The van der Waals surface area contributed by atoms with Crippen molar-refractivity contribution >= 4 is 34.6 Å². The first-order chi connectivity index (χ1) is 8.06. The Labute approximate surface area is 110 Å². The molecule has 4 heteroatoms. The smallest absolute Gasteiger partial charge is 0.120 e. The van der Waals surface area contributed by atoms with E-state index in [1.807, 2.05) is 25.1 Å². The molecule has 0 aromatic heterocycles. The second-order valence-corrected chi connectivity index (χ2v) is 4.57. The minimum atomic E-state index is 0.259. The Morgan fingerprint density at radius 1 is 0.941 bits per heavy atom. The van der Waals surface area contributed by atoms with Gasteiger partial charge in [0.05, 0.1) is 10.0 Å². The molecule has 0 saturated heterocycles. The van der Waals surface area contributed by atoms with Crippen molar-refractivity contribution in [3.8, 4) is 5.75 Å². The van der Waals surface area contributed by atoms with Crippen molar-refractivity contribution in [3.63, 3.8) is 0 Å². The highest BCUT2D eigenvalue weighted by molar-refractivity contribution is 6.42. The minimum Gasteiger partial charge on any atom is -0.508 e. The fourth-order valence-corrected chi connectivity index (χ4v) is 1.73. The van der Waals surface area contributed by atoms with Crippen LogP contribution < -0.4 is 5.32 Å². The van der Waals surface area contributed by atoms with Crippen molar-refractivity contribution in [2.75, 3.05) is 5.32 Å². The molecule has 2 N–H and O–H groups in total. The second kappa shape index (κ2) is 4.86. The Bertz CT molecular complexity index is 506. The van der Waals surface area contributed by atoms with Crippen LogP contribution in [0.5, 0.6) is 5.75 Å². The molecule has 0 bridgehead atoms. The van der Waals surface area contributed by atoms with E-state index in [1.54, 1.807) is 18.2 Å². The molecule has 0 radical (unpaired) electrons. The lowest BCUT2D eigenvalue weighted by Crippen LogP contribution is -1.90. The number of aryl methyl sites for hydroxylation is 1. The van der Waals surface area contributed by atoms with E-state index in [4.69, 9.17) is 23.2 Å². The number of hydrogen-bond donors (Lipinski definition) is 2. The predicted molar refractivity (Wildman–Crippen MR) is 72.6 cm³/mol. The van der Waals surface area contributed by atoms with Crippen LogP contribution in [-0.2, 0) is 0 Å². The van der Waals surface area contributed by atoms with E-state index in [0.717, 1.165) is 16.9 Å². The third-order valence-electron chi connectivity index (χ3n) is 2.42. The van der Waals surface area contributed by atoms with Gasteiger partial charge in [-0.2, -0.15) is 0 Å². The van der Waals surface area contributed by atoms with Crippen LogP contribution in [0.4, 0.5) is 11.4 Å². The maximum Gasteiger partial charge on any atom is 0.120 e. The zero-order valence-corrected chi connectivity index (χ0v) is 10.7. The topological polar surface area (TPSA) is 32.3 Å². The molecule has 2 rings (SSSR count). The molecule has 0 unspecified atom stereocenters. The summed E-state index contributed by atoms with van der Waals surface area (Å²) in [7, 11) is 0.